The molecule has 0 bridgehead atoms. The van der Waals surface area contributed by atoms with Crippen molar-refractivity contribution in [1.82, 2.24) is 0 Å². The van der Waals surface area contributed by atoms with Gasteiger partial charge in [0.05, 0.1) is 6.57 Å². The van der Waals surface area contributed by atoms with Gasteiger partial charge in [-0.1, -0.05) is 35.3 Å². The number of hydrogen-bond donors (Lipinski definition) is 0. The first-order valence-corrected chi connectivity index (χ1v) is 3.32. The fourth-order valence-electron chi connectivity index (χ4n) is 0.572. The van der Waals surface area contributed by atoms with Crippen LogP contribution in [0.5, 0.6) is 0 Å². The Morgan fingerprint density at radius 1 is 1.30 bits per heavy atom. The monoisotopic (exact) mass is 170 g/mol. The molecule has 0 aliphatic rings. The third kappa shape index (κ3) is 1.41. The zero-order chi connectivity index (χ0) is 7.56. The van der Waals surface area contributed by atoms with Crippen molar-refractivity contribution in [2.75, 3.05) is 0 Å². The second-order valence-corrected chi connectivity index (χ2v) is 2.55. The van der Waals surface area contributed by atoms with Gasteiger partial charge in [-0.2, -0.15) is 0 Å². The Balaban J connectivity index is 3.23. The molecule has 1 aromatic rings. The molecule has 1 aromatic carbocycles. The lowest BCUT2D eigenvalue weighted by atomic mass is 10.3. The van der Waals surface area contributed by atoms with Gasteiger partial charge in [-0.25, -0.2) is 4.85 Å². The molecule has 3 heteroatoms. The molecule has 0 atom stereocenters. The summed E-state index contributed by atoms with van der Waals surface area (Å²) in [4.78, 5) is 3.17. The summed E-state index contributed by atoms with van der Waals surface area (Å²) in [6.07, 6.45) is 0. The minimum atomic E-state index is 0.405. The molecule has 50 valence electrons. The van der Waals surface area contributed by atoms with Gasteiger partial charge in [-0.3, -0.25) is 0 Å². The molecule has 0 fully saturated rings. The van der Waals surface area contributed by atoms with Crippen LogP contribution in [0.1, 0.15) is 0 Å². The van der Waals surface area contributed by atoms with Crippen molar-refractivity contribution < 1.29 is 0 Å². The summed E-state index contributed by atoms with van der Waals surface area (Å²) in [5.41, 5.74) is 0.436. The molecule has 1 rings (SSSR count). The van der Waals surface area contributed by atoms with Crippen molar-refractivity contribution in [1.29, 1.82) is 0 Å². The Morgan fingerprint density at radius 2 is 2.00 bits per heavy atom. The predicted molar refractivity (Wildman–Crippen MR) is 42.7 cm³/mol. The van der Waals surface area contributed by atoms with Crippen LogP contribution >= 0.6 is 23.2 Å². The molecule has 0 N–H and O–H groups in total. The fourth-order valence-corrected chi connectivity index (χ4v) is 1.02. The summed E-state index contributed by atoms with van der Waals surface area (Å²) in [6, 6.07) is 4.79. The van der Waals surface area contributed by atoms with Crippen molar-refractivity contribution in [2.45, 2.75) is 0 Å². The normalized spacial score (nSPS) is 8.90. The quantitative estimate of drug-likeness (QED) is 0.525. The molecule has 0 aromatic heterocycles. The maximum atomic E-state index is 6.65. The van der Waals surface area contributed by atoms with E-state index in [2.05, 4.69) is 4.85 Å². The first-order chi connectivity index (χ1) is 4.74. The highest BCUT2D eigenvalue weighted by Crippen LogP contribution is 2.27. The van der Waals surface area contributed by atoms with E-state index in [0.29, 0.717) is 15.7 Å². The molecular weight excluding hydrogens is 168 g/mol. The number of nitrogens with zero attached hydrogens (tertiary/aromatic N) is 1. The molecule has 0 aliphatic heterocycles. The van der Waals surface area contributed by atoms with Crippen LogP contribution in [0.3, 0.4) is 0 Å². The molecule has 0 saturated carbocycles. The number of hydrogen-bond acceptors (Lipinski definition) is 0. The molecule has 0 spiro atoms. The number of rotatable bonds is 0. The van der Waals surface area contributed by atoms with Crippen LogP contribution in [-0.4, -0.2) is 0 Å². The van der Waals surface area contributed by atoms with Gasteiger partial charge in [0.2, 0.25) is 5.69 Å². The Kier molecular flexibility index (Phi) is 2.16. The van der Waals surface area contributed by atoms with Crippen LogP contribution in [0.25, 0.3) is 4.85 Å². The van der Waals surface area contributed by atoms with Crippen molar-refractivity contribution in [3.05, 3.63) is 39.7 Å². The van der Waals surface area contributed by atoms with Crippen molar-refractivity contribution >= 4 is 28.9 Å². The Morgan fingerprint density at radius 3 is 2.50 bits per heavy atom. The van der Waals surface area contributed by atoms with E-state index in [-0.39, 0.29) is 0 Å². The van der Waals surface area contributed by atoms with E-state index in [9.17, 15) is 0 Å². The average Bonchev–Trinajstić information content (AvgIpc) is 1.88. The van der Waals surface area contributed by atoms with Crippen LogP contribution in [0, 0.1) is 6.57 Å². The molecular formula is C7H3Cl2N. The lowest BCUT2D eigenvalue weighted by Crippen LogP contribution is -1.65. The first-order valence-electron chi connectivity index (χ1n) is 2.56. The SMILES string of the molecule is [11C-]#[N+]c1ccc(Cl)cc1Cl. The average molecular weight is 171 g/mol. The highest BCUT2D eigenvalue weighted by Gasteiger charge is 1.97. The minimum Gasteiger partial charge on any atom is -0.237 e. The Bertz CT molecular complexity index is 288. The van der Waals surface area contributed by atoms with Crippen LogP contribution in [0.2, 0.25) is 10.0 Å². The molecule has 0 unspecified atom stereocenters. The lowest BCUT2D eigenvalue weighted by Gasteiger charge is -1.92. The summed E-state index contributed by atoms with van der Waals surface area (Å²) < 4.78 is 0. The van der Waals surface area contributed by atoms with Crippen LogP contribution in [-0.2, 0) is 0 Å². The zero-order valence-corrected chi connectivity index (χ0v) is 6.45. The van der Waals surface area contributed by atoms with E-state index in [1.807, 2.05) is 0 Å². The summed E-state index contributed by atoms with van der Waals surface area (Å²) in [6.45, 7) is 6.65. The highest BCUT2D eigenvalue weighted by atomic mass is 35.5. The first kappa shape index (κ1) is 7.40. The van der Waals surface area contributed by atoms with E-state index in [0.717, 1.165) is 0 Å². The molecule has 0 aliphatic carbocycles. The van der Waals surface area contributed by atoms with E-state index in [1.165, 1.54) is 0 Å². The van der Waals surface area contributed by atoms with E-state index < -0.39 is 0 Å². The standard InChI is InChI=1S/C7H3Cl2N/c1-10-7-3-2-5(8)4-6(7)9/h2-4H/i1-1. The van der Waals surface area contributed by atoms with Gasteiger partial charge in [0.1, 0.15) is 0 Å². The molecule has 0 saturated heterocycles. The van der Waals surface area contributed by atoms with E-state index >= 15 is 0 Å². The lowest BCUT2D eigenvalue weighted by molar-refractivity contribution is 1.71. The maximum Gasteiger partial charge on any atom is 0.205 e. The van der Waals surface area contributed by atoms with Gasteiger partial charge in [0.25, 0.3) is 0 Å². The summed E-state index contributed by atoms with van der Waals surface area (Å²) in [7, 11) is 0. The summed E-state index contributed by atoms with van der Waals surface area (Å²) >= 11 is 11.2. The van der Waals surface area contributed by atoms with E-state index in [1.54, 1.807) is 18.2 Å². The molecule has 10 heavy (non-hydrogen) atoms. The summed E-state index contributed by atoms with van der Waals surface area (Å²) in [5, 5.41) is 0.958. The Hall–Kier alpha value is -0.710. The van der Waals surface area contributed by atoms with Gasteiger partial charge >= 0.3 is 0 Å². The highest BCUT2D eigenvalue weighted by molar-refractivity contribution is 6.36. The maximum absolute atomic E-state index is 6.65. The third-order valence-electron chi connectivity index (χ3n) is 1.03. The third-order valence-corrected chi connectivity index (χ3v) is 1.57. The van der Waals surface area contributed by atoms with Gasteiger partial charge in [0, 0.05) is 10.0 Å². The summed E-state index contributed by atoms with van der Waals surface area (Å²) in [5.74, 6) is 0. The largest absolute Gasteiger partial charge is 0.237 e. The van der Waals surface area contributed by atoms with Gasteiger partial charge in [-0.05, 0) is 6.07 Å². The fraction of sp³-hybridized carbons (Fsp3) is 0. The van der Waals surface area contributed by atoms with Gasteiger partial charge in [-0.15, -0.1) is 0 Å². The van der Waals surface area contributed by atoms with Crippen LogP contribution in [0.4, 0.5) is 5.69 Å². The topological polar surface area (TPSA) is 4.36 Å². The number of benzene rings is 1. The second kappa shape index (κ2) is 2.92. The van der Waals surface area contributed by atoms with Gasteiger partial charge < -0.3 is 0 Å². The molecule has 0 radical (unpaired) electrons. The number of halogens is 2. The van der Waals surface area contributed by atoms with Crippen molar-refractivity contribution in [3.63, 3.8) is 0 Å². The second-order valence-electron chi connectivity index (χ2n) is 1.71. The van der Waals surface area contributed by atoms with Crippen LogP contribution in [0.15, 0.2) is 18.2 Å². The van der Waals surface area contributed by atoms with Gasteiger partial charge in [0.15, 0.2) is 0 Å². The smallest absolute Gasteiger partial charge is 0.205 e. The predicted octanol–water partition coefficient (Wildman–Crippen LogP) is 3.54. The van der Waals surface area contributed by atoms with E-state index in [4.69, 9.17) is 29.8 Å². The van der Waals surface area contributed by atoms with Crippen molar-refractivity contribution in [3.8, 4) is 0 Å². The van der Waals surface area contributed by atoms with Crippen LogP contribution < -0.4 is 0 Å². The zero-order valence-electron chi connectivity index (χ0n) is 4.94. The minimum absolute atomic E-state index is 0.405. The molecule has 0 heterocycles. The Labute approximate surface area is 69.0 Å². The molecule has 0 amide bonds. The molecule has 1 nitrogen and oxygen atoms in total. The van der Waals surface area contributed by atoms with Crippen molar-refractivity contribution in [2.24, 2.45) is 0 Å².